The van der Waals surface area contributed by atoms with E-state index in [4.69, 9.17) is 5.11 Å². The highest BCUT2D eigenvalue weighted by Gasteiger charge is 2.47. The molecule has 15 heavy (non-hydrogen) atoms. The Balaban J connectivity index is 4.29. The van der Waals surface area contributed by atoms with Crippen LogP contribution in [0.15, 0.2) is 0 Å². The lowest BCUT2D eigenvalue weighted by Gasteiger charge is -2.13. The van der Waals surface area contributed by atoms with Crippen LogP contribution in [0.3, 0.4) is 0 Å². The number of hydrogen-bond donors (Lipinski definition) is 1. The lowest BCUT2D eigenvalue weighted by molar-refractivity contribution is -0.0587. The summed E-state index contributed by atoms with van der Waals surface area (Å²) in [7, 11) is -5.88. The maximum Gasteiger partial charge on any atom is 0.523 e. The van der Waals surface area contributed by atoms with Crippen molar-refractivity contribution in [3.63, 3.8) is 0 Å². The van der Waals surface area contributed by atoms with Crippen molar-refractivity contribution in [1.29, 1.82) is 0 Å². The molecule has 0 aromatic heterocycles. The maximum atomic E-state index is 12.2. The van der Waals surface area contributed by atoms with Gasteiger partial charge in [-0.2, -0.15) is 21.6 Å². The molecular formula is C5H7F5O4S. The summed E-state index contributed by atoms with van der Waals surface area (Å²) >= 11 is 0. The van der Waals surface area contributed by atoms with Gasteiger partial charge in [-0.15, -0.1) is 0 Å². The molecule has 4 nitrogen and oxygen atoms in total. The first kappa shape index (κ1) is 14.5. The Kier molecular flexibility index (Phi) is 4.87. The van der Waals surface area contributed by atoms with Gasteiger partial charge >= 0.3 is 15.6 Å². The summed E-state index contributed by atoms with van der Waals surface area (Å²) in [5, 5.41) is 8.57. The van der Waals surface area contributed by atoms with Crippen molar-refractivity contribution >= 4 is 10.1 Å². The molecule has 0 rings (SSSR count). The summed E-state index contributed by atoms with van der Waals surface area (Å²) in [6, 6.07) is 0. The van der Waals surface area contributed by atoms with Gasteiger partial charge in [0.25, 0.3) is 0 Å². The lowest BCUT2D eigenvalue weighted by atomic mass is 10.2. The quantitative estimate of drug-likeness (QED) is 0.443. The molecule has 0 amide bonds. The molecule has 92 valence electrons. The molecule has 0 heterocycles. The van der Waals surface area contributed by atoms with Crippen molar-refractivity contribution in [2.75, 3.05) is 13.3 Å². The molecule has 0 aromatic carbocycles. The highest BCUT2D eigenvalue weighted by Crippen LogP contribution is 2.24. The first-order valence-corrected chi connectivity index (χ1v) is 4.86. The smallest absolute Gasteiger partial charge is 0.388 e. The predicted octanol–water partition coefficient (Wildman–Crippen LogP) is 0.521. The second-order valence-corrected chi connectivity index (χ2v) is 4.03. The van der Waals surface area contributed by atoms with Crippen LogP contribution in [0, 0.1) is 0 Å². The Hall–Kier alpha value is -0.480. The van der Waals surface area contributed by atoms with E-state index in [0.29, 0.717) is 0 Å². The second kappa shape index (κ2) is 5.03. The van der Waals surface area contributed by atoms with Crippen molar-refractivity contribution in [3.8, 4) is 0 Å². The van der Waals surface area contributed by atoms with Crippen LogP contribution in [0.25, 0.3) is 0 Å². The third kappa shape index (κ3) is 4.26. The third-order valence-electron chi connectivity index (χ3n) is 1.24. The van der Waals surface area contributed by atoms with E-state index in [9.17, 15) is 30.4 Å². The normalized spacial score (nSPS) is 17.5. The number of rotatable bonds is 5. The van der Waals surface area contributed by atoms with Crippen LogP contribution < -0.4 is 0 Å². The third-order valence-corrected chi connectivity index (χ3v) is 2.26. The molecule has 0 bridgehead atoms. The first-order chi connectivity index (χ1) is 6.62. The number of aliphatic hydroxyl groups is 1. The number of halogens is 5. The first-order valence-electron chi connectivity index (χ1n) is 3.45. The summed E-state index contributed by atoms with van der Waals surface area (Å²) in [5.74, 6) is 0. The van der Waals surface area contributed by atoms with Gasteiger partial charge in [0, 0.05) is 0 Å². The van der Waals surface area contributed by atoms with Gasteiger partial charge in [-0.05, 0) is 0 Å². The van der Waals surface area contributed by atoms with Crippen molar-refractivity contribution in [3.05, 3.63) is 0 Å². The Labute approximate surface area is 81.8 Å². The van der Waals surface area contributed by atoms with E-state index in [-0.39, 0.29) is 0 Å². The Morgan fingerprint density at radius 1 is 1.33 bits per heavy atom. The van der Waals surface area contributed by atoms with Crippen molar-refractivity contribution in [2.24, 2.45) is 0 Å². The number of aliphatic hydroxyl groups excluding tert-OH is 1. The fraction of sp³-hybridized carbons (Fsp3) is 1.00. The van der Waals surface area contributed by atoms with E-state index in [0.717, 1.165) is 0 Å². The fourth-order valence-corrected chi connectivity index (χ4v) is 0.886. The molecule has 0 radical (unpaired) electrons. The van der Waals surface area contributed by atoms with Gasteiger partial charge in [0.2, 0.25) is 0 Å². The van der Waals surface area contributed by atoms with Crippen LogP contribution in [0.1, 0.15) is 0 Å². The number of alkyl halides is 5. The zero-order chi connectivity index (χ0) is 12.3. The molecule has 0 saturated carbocycles. The molecule has 0 fully saturated rings. The van der Waals surface area contributed by atoms with Gasteiger partial charge in [0.15, 0.2) is 6.17 Å². The minimum atomic E-state index is -5.88. The highest BCUT2D eigenvalue weighted by molar-refractivity contribution is 7.87. The van der Waals surface area contributed by atoms with Gasteiger partial charge in [0.1, 0.15) is 12.8 Å². The van der Waals surface area contributed by atoms with Crippen LogP contribution in [-0.2, 0) is 14.3 Å². The Morgan fingerprint density at radius 2 is 1.80 bits per heavy atom. The van der Waals surface area contributed by atoms with E-state index in [1.165, 1.54) is 0 Å². The molecule has 0 spiro atoms. The van der Waals surface area contributed by atoms with Gasteiger partial charge in [-0.3, -0.25) is 4.18 Å². The van der Waals surface area contributed by atoms with Crippen molar-refractivity contribution < 1.29 is 39.7 Å². The Bertz CT molecular complexity index is 286. The summed E-state index contributed by atoms with van der Waals surface area (Å²) < 4.78 is 82.2. The molecular weight excluding hydrogens is 251 g/mol. The molecule has 2 unspecified atom stereocenters. The average Bonchev–Trinajstić information content (AvgIpc) is 2.11. The zero-order valence-electron chi connectivity index (χ0n) is 7.04. The average molecular weight is 258 g/mol. The summed E-state index contributed by atoms with van der Waals surface area (Å²) in [6.45, 7) is -3.15. The fourth-order valence-electron chi connectivity index (χ4n) is 0.433. The molecule has 0 aromatic rings. The van der Waals surface area contributed by atoms with Crippen LogP contribution in [0.5, 0.6) is 0 Å². The molecule has 1 N–H and O–H groups in total. The summed E-state index contributed by atoms with van der Waals surface area (Å²) in [6.07, 6.45) is -4.76. The molecule has 0 aliphatic rings. The molecule has 2 atom stereocenters. The van der Waals surface area contributed by atoms with Gasteiger partial charge in [-0.1, -0.05) is 0 Å². The standard InChI is InChI=1S/C5H7F5O4S/c6-1-3(7)4(11)2-14-15(12,13)5(8,9)10/h3-4,11H,1-2H2. The second-order valence-electron chi connectivity index (χ2n) is 2.42. The van der Waals surface area contributed by atoms with Gasteiger partial charge in [-0.25, -0.2) is 8.78 Å². The SMILES string of the molecule is O=S(=O)(OCC(O)C(F)CF)C(F)(F)F. The highest BCUT2D eigenvalue weighted by atomic mass is 32.2. The largest absolute Gasteiger partial charge is 0.523 e. The van der Waals surface area contributed by atoms with Gasteiger partial charge < -0.3 is 5.11 Å². The molecule has 0 aliphatic carbocycles. The van der Waals surface area contributed by atoms with E-state index in [1.807, 2.05) is 0 Å². The minimum absolute atomic E-state index is 1.49. The predicted molar refractivity (Wildman–Crippen MR) is 37.8 cm³/mol. The van der Waals surface area contributed by atoms with Gasteiger partial charge in [0.05, 0.1) is 6.61 Å². The zero-order valence-corrected chi connectivity index (χ0v) is 7.86. The molecule has 10 heteroatoms. The van der Waals surface area contributed by atoms with Crippen LogP contribution >= 0.6 is 0 Å². The van der Waals surface area contributed by atoms with Crippen LogP contribution in [0.2, 0.25) is 0 Å². The Morgan fingerprint density at radius 3 is 2.13 bits per heavy atom. The van der Waals surface area contributed by atoms with E-state index in [2.05, 4.69) is 4.18 Å². The number of hydrogen-bond acceptors (Lipinski definition) is 4. The van der Waals surface area contributed by atoms with E-state index < -0.39 is 41.2 Å². The molecule has 0 saturated heterocycles. The van der Waals surface area contributed by atoms with E-state index in [1.54, 1.807) is 0 Å². The summed E-state index contributed by atoms with van der Waals surface area (Å²) in [5.41, 5.74) is -5.66. The summed E-state index contributed by atoms with van der Waals surface area (Å²) in [4.78, 5) is 0. The topological polar surface area (TPSA) is 63.6 Å². The maximum absolute atomic E-state index is 12.2. The van der Waals surface area contributed by atoms with Crippen LogP contribution in [0.4, 0.5) is 22.0 Å². The lowest BCUT2D eigenvalue weighted by Crippen LogP contribution is -2.33. The monoisotopic (exact) mass is 258 g/mol. The minimum Gasteiger partial charge on any atom is -0.388 e. The van der Waals surface area contributed by atoms with Crippen LogP contribution in [-0.4, -0.2) is 44.6 Å². The van der Waals surface area contributed by atoms with Crippen molar-refractivity contribution in [1.82, 2.24) is 0 Å². The van der Waals surface area contributed by atoms with E-state index >= 15 is 0 Å². The van der Waals surface area contributed by atoms with Crippen molar-refractivity contribution in [2.45, 2.75) is 17.8 Å². The molecule has 0 aliphatic heterocycles.